The van der Waals surface area contributed by atoms with Gasteiger partial charge in [0.05, 0.1) is 12.7 Å². The van der Waals surface area contributed by atoms with E-state index in [9.17, 15) is 0 Å². The Morgan fingerprint density at radius 2 is 2.33 bits per heavy atom. The van der Waals surface area contributed by atoms with Crippen molar-refractivity contribution in [3.05, 3.63) is 21.4 Å². The topological polar surface area (TPSA) is 21.3 Å². The Labute approximate surface area is 95.6 Å². The summed E-state index contributed by atoms with van der Waals surface area (Å²) in [6.07, 6.45) is 4.40. The van der Waals surface area contributed by atoms with Crippen LogP contribution in [0.4, 0.5) is 0 Å². The van der Waals surface area contributed by atoms with Gasteiger partial charge in [0, 0.05) is 16.3 Å². The normalized spacial score (nSPS) is 16.7. The zero-order valence-corrected chi connectivity index (χ0v) is 10.3. The SMILES string of the molecule is CNCc1cc(COC2CCC2)c(C)s1. The predicted molar refractivity (Wildman–Crippen MR) is 64.2 cm³/mol. The number of thiophene rings is 1. The summed E-state index contributed by atoms with van der Waals surface area (Å²) < 4.78 is 5.82. The summed E-state index contributed by atoms with van der Waals surface area (Å²) >= 11 is 1.87. The summed E-state index contributed by atoms with van der Waals surface area (Å²) in [6, 6.07) is 2.27. The number of ether oxygens (including phenoxy) is 1. The molecule has 1 fully saturated rings. The standard InChI is InChI=1S/C12H19NOS/c1-9-10(6-12(15-9)7-13-2)8-14-11-4-3-5-11/h6,11,13H,3-5,7-8H2,1-2H3. The Morgan fingerprint density at radius 3 is 2.93 bits per heavy atom. The Morgan fingerprint density at radius 1 is 1.53 bits per heavy atom. The number of rotatable bonds is 5. The third-order valence-electron chi connectivity index (χ3n) is 2.95. The van der Waals surface area contributed by atoms with Crippen molar-refractivity contribution in [1.29, 1.82) is 0 Å². The molecule has 2 rings (SSSR count). The number of nitrogens with one attached hydrogen (secondary N) is 1. The second-order valence-corrected chi connectivity index (χ2v) is 5.53. The molecule has 3 heteroatoms. The van der Waals surface area contributed by atoms with Crippen molar-refractivity contribution in [2.24, 2.45) is 0 Å². The number of hydrogen-bond donors (Lipinski definition) is 1. The van der Waals surface area contributed by atoms with Crippen LogP contribution in [0.1, 0.15) is 34.6 Å². The molecule has 1 aromatic heterocycles. The molecule has 0 aromatic carbocycles. The monoisotopic (exact) mass is 225 g/mol. The fourth-order valence-corrected chi connectivity index (χ4v) is 2.80. The molecule has 0 radical (unpaired) electrons. The van der Waals surface area contributed by atoms with Gasteiger partial charge in [-0.1, -0.05) is 0 Å². The van der Waals surface area contributed by atoms with E-state index in [1.54, 1.807) is 0 Å². The van der Waals surface area contributed by atoms with Gasteiger partial charge >= 0.3 is 0 Å². The van der Waals surface area contributed by atoms with Crippen molar-refractivity contribution in [3.63, 3.8) is 0 Å². The third-order valence-corrected chi connectivity index (χ3v) is 4.04. The summed E-state index contributed by atoms with van der Waals surface area (Å²) in [5.74, 6) is 0. The van der Waals surface area contributed by atoms with Crippen LogP contribution < -0.4 is 5.32 Å². The first-order chi connectivity index (χ1) is 7.29. The Balaban J connectivity index is 1.88. The van der Waals surface area contributed by atoms with Crippen molar-refractivity contribution < 1.29 is 4.74 Å². The summed E-state index contributed by atoms with van der Waals surface area (Å²) in [7, 11) is 1.99. The number of hydrogen-bond acceptors (Lipinski definition) is 3. The lowest BCUT2D eigenvalue weighted by atomic mass is 9.96. The van der Waals surface area contributed by atoms with Gasteiger partial charge in [0.15, 0.2) is 0 Å². The molecule has 1 aliphatic carbocycles. The highest BCUT2D eigenvalue weighted by atomic mass is 32.1. The van der Waals surface area contributed by atoms with Gasteiger partial charge in [-0.3, -0.25) is 0 Å². The fourth-order valence-electron chi connectivity index (χ4n) is 1.74. The van der Waals surface area contributed by atoms with Gasteiger partial charge in [-0.2, -0.15) is 0 Å². The maximum Gasteiger partial charge on any atom is 0.0731 e. The van der Waals surface area contributed by atoms with Crippen LogP contribution in [0, 0.1) is 6.92 Å². The minimum atomic E-state index is 0.539. The van der Waals surface area contributed by atoms with Crippen LogP contribution in [0.2, 0.25) is 0 Å². The van der Waals surface area contributed by atoms with E-state index in [4.69, 9.17) is 4.74 Å². The highest BCUT2D eigenvalue weighted by Gasteiger charge is 2.18. The van der Waals surface area contributed by atoms with E-state index in [2.05, 4.69) is 18.3 Å². The van der Waals surface area contributed by atoms with Crippen LogP contribution >= 0.6 is 11.3 Å². The minimum absolute atomic E-state index is 0.539. The maximum absolute atomic E-state index is 5.82. The average Bonchev–Trinajstić information content (AvgIpc) is 2.45. The highest BCUT2D eigenvalue weighted by Crippen LogP contribution is 2.26. The smallest absolute Gasteiger partial charge is 0.0731 e. The van der Waals surface area contributed by atoms with E-state index in [0.717, 1.165) is 13.2 Å². The van der Waals surface area contributed by atoms with Crippen molar-refractivity contribution in [1.82, 2.24) is 5.32 Å². The molecule has 0 amide bonds. The molecule has 0 spiro atoms. The molecule has 1 aromatic rings. The molecule has 1 N–H and O–H groups in total. The van der Waals surface area contributed by atoms with Crippen LogP contribution in [0.3, 0.4) is 0 Å². The Hall–Kier alpha value is -0.380. The lowest BCUT2D eigenvalue weighted by molar-refractivity contribution is -0.00871. The molecule has 1 heterocycles. The van der Waals surface area contributed by atoms with Crippen LogP contribution in [-0.4, -0.2) is 13.2 Å². The van der Waals surface area contributed by atoms with E-state index in [0.29, 0.717) is 6.10 Å². The van der Waals surface area contributed by atoms with Gasteiger partial charge < -0.3 is 10.1 Å². The molecule has 1 aliphatic rings. The van der Waals surface area contributed by atoms with E-state index >= 15 is 0 Å². The molecule has 15 heavy (non-hydrogen) atoms. The second-order valence-electron chi connectivity index (χ2n) is 4.19. The first-order valence-corrected chi connectivity index (χ1v) is 6.45. The van der Waals surface area contributed by atoms with Crippen molar-refractivity contribution in [2.45, 2.75) is 45.4 Å². The largest absolute Gasteiger partial charge is 0.374 e. The zero-order chi connectivity index (χ0) is 10.7. The van der Waals surface area contributed by atoms with Crippen LogP contribution in [0.15, 0.2) is 6.07 Å². The first kappa shape index (κ1) is 11.1. The predicted octanol–water partition coefficient (Wildman–Crippen LogP) is 2.85. The van der Waals surface area contributed by atoms with Crippen LogP contribution in [0.5, 0.6) is 0 Å². The zero-order valence-electron chi connectivity index (χ0n) is 9.51. The molecule has 0 bridgehead atoms. The van der Waals surface area contributed by atoms with Gasteiger partial charge in [0.1, 0.15) is 0 Å². The summed E-state index contributed by atoms with van der Waals surface area (Å²) in [4.78, 5) is 2.81. The van der Waals surface area contributed by atoms with Crippen molar-refractivity contribution >= 4 is 11.3 Å². The number of aryl methyl sites for hydroxylation is 1. The van der Waals surface area contributed by atoms with Crippen molar-refractivity contribution in [2.75, 3.05) is 7.05 Å². The maximum atomic E-state index is 5.82. The van der Waals surface area contributed by atoms with E-state index in [-0.39, 0.29) is 0 Å². The molecule has 0 saturated heterocycles. The lowest BCUT2D eigenvalue weighted by Crippen LogP contribution is -2.21. The van der Waals surface area contributed by atoms with E-state index in [1.807, 2.05) is 18.4 Å². The molecule has 1 saturated carbocycles. The minimum Gasteiger partial charge on any atom is -0.374 e. The summed E-state index contributed by atoms with van der Waals surface area (Å²) in [6.45, 7) is 3.95. The van der Waals surface area contributed by atoms with Crippen LogP contribution in [-0.2, 0) is 17.9 Å². The van der Waals surface area contributed by atoms with Gasteiger partial charge in [-0.15, -0.1) is 11.3 Å². The van der Waals surface area contributed by atoms with E-state index in [1.165, 1.54) is 34.6 Å². The molecule has 84 valence electrons. The molecular formula is C12H19NOS. The molecule has 0 unspecified atom stereocenters. The van der Waals surface area contributed by atoms with Gasteiger partial charge in [-0.05, 0) is 44.9 Å². The third kappa shape index (κ3) is 2.80. The molecule has 0 atom stereocenters. The molecule has 2 nitrogen and oxygen atoms in total. The average molecular weight is 225 g/mol. The van der Waals surface area contributed by atoms with Gasteiger partial charge in [-0.25, -0.2) is 0 Å². The quantitative estimate of drug-likeness (QED) is 0.832. The summed E-state index contributed by atoms with van der Waals surface area (Å²) in [5.41, 5.74) is 1.37. The van der Waals surface area contributed by atoms with Gasteiger partial charge in [0.2, 0.25) is 0 Å². The van der Waals surface area contributed by atoms with Gasteiger partial charge in [0.25, 0.3) is 0 Å². The highest BCUT2D eigenvalue weighted by molar-refractivity contribution is 7.12. The first-order valence-electron chi connectivity index (χ1n) is 5.64. The molecule has 0 aliphatic heterocycles. The Kier molecular flexibility index (Phi) is 3.78. The van der Waals surface area contributed by atoms with E-state index < -0.39 is 0 Å². The lowest BCUT2D eigenvalue weighted by Gasteiger charge is -2.25. The Bertz CT molecular complexity index is 317. The fraction of sp³-hybridized carbons (Fsp3) is 0.667. The molecular weight excluding hydrogens is 206 g/mol. The second kappa shape index (κ2) is 5.10. The summed E-state index contributed by atoms with van der Waals surface area (Å²) in [5, 5.41) is 3.18. The van der Waals surface area contributed by atoms with Crippen molar-refractivity contribution in [3.8, 4) is 0 Å². The van der Waals surface area contributed by atoms with Crippen LogP contribution in [0.25, 0.3) is 0 Å².